The summed E-state index contributed by atoms with van der Waals surface area (Å²) in [7, 11) is 0. The smallest absolute Gasteiger partial charge is 0.285 e. The summed E-state index contributed by atoms with van der Waals surface area (Å²) in [5.41, 5.74) is 4.70. The Morgan fingerprint density at radius 2 is 1.93 bits per heavy atom. The van der Waals surface area contributed by atoms with Gasteiger partial charge in [0.1, 0.15) is 5.82 Å². The molecule has 0 aliphatic heterocycles. The lowest BCUT2D eigenvalue weighted by Gasteiger charge is -2.04. The molecule has 0 aliphatic carbocycles. The van der Waals surface area contributed by atoms with Crippen LogP contribution < -0.4 is 5.69 Å². The number of benzene rings is 2. The Bertz CT molecular complexity index is 1180. The summed E-state index contributed by atoms with van der Waals surface area (Å²) in [6.45, 7) is 3.89. The minimum absolute atomic E-state index is 0.280. The van der Waals surface area contributed by atoms with E-state index in [4.69, 9.17) is 0 Å². The molecule has 0 spiro atoms. The van der Waals surface area contributed by atoms with Crippen LogP contribution in [0.5, 0.6) is 0 Å². The number of nitrogens with zero attached hydrogens (tertiary/aromatic N) is 3. The van der Waals surface area contributed by atoms with Gasteiger partial charge in [0.25, 0.3) is 0 Å². The number of aromatic amines is 1. The van der Waals surface area contributed by atoms with Gasteiger partial charge in [-0.2, -0.15) is 9.61 Å². The van der Waals surface area contributed by atoms with E-state index in [1.807, 2.05) is 44.2 Å². The van der Waals surface area contributed by atoms with E-state index in [1.54, 1.807) is 6.07 Å². The SMILES string of the molecule is Cc1ccc(-c2c(C)nn3c(=O)[nH]c(SCc4cccc(F)c4)nc23)cc1. The highest BCUT2D eigenvalue weighted by atomic mass is 32.2. The quantitative estimate of drug-likeness (QED) is 0.541. The molecule has 27 heavy (non-hydrogen) atoms. The molecule has 0 amide bonds. The average Bonchev–Trinajstić information content (AvgIpc) is 2.98. The molecule has 0 unspecified atom stereocenters. The normalized spacial score (nSPS) is 11.2. The molecular formula is C20H17FN4OS. The van der Waals surface area contributed by atoms with Crippen molar-refractivity contribution < 1.29 is 4.39 Å². The molecule has 2 aromatic heterocycles. The van der Waals surface area contributed by atoms with Crippen molar-refractivity contribution >= 4 is 17.4 Å². The number of rotatable bonds is 4. The van der Waals surface area contributed by atoms with Crippen molar-refractivity contribution in [2.45, 2.75) is 24.8 Å². The number of aryl methyl sites for hydroxylation is 2. The average molecular weight is 380 g/mol. The molecule has 0 saturated carbocycles. The van der Waals surface area contributed by atoms with Crippen LogP contribution in [0.2, 0.25) is 0 Å². The summed E-state index contributed by atoms with van der Waals surface area (Å²) >= 11 is 1.35. The van der Waals surface area contributed by atoms with Gasteiger partial charge in [0.05, 0.1) is 5.69 Å². The topological polar surface area (TPSA) is 63.1 Å². The van der Waals surface area contributed by atoms with Crippen LogP contribution in [0.25, 0.3) is 16.8 Å². The third-order valence-corrected chi connectivity index (χ3v) is 5.20. The van der Waals surface area contributed by atoms with Gasteiger partial charge in [0.2, 0.25) is 0 Å². The third-order valence-electron chi connectivity index (χ3n) is 4.25. The number of thioether (sulfide) groups is 1. The Morgan fingerprint density at radius 3 is 2.67 bits per heavy atom. The van der Waals surface area contributed by atoms with Crippen LogP contribution in [0.4, 0.5) is 4.39 Å². The van der Waals surface area contributed by atoms with E-state index in [-0.39, 0.29) is 11.5 Å². The highest BCUT2D eigenvalue weighted by Crippen LogP contribution is 2.28. The van der Waals surface area contributed by atoms with E-state index in [0.717, 1.165) is 27.9 Å². The van der Waals surface area contributed by atoms with Crippen LogP contribution in [0.3, 0.4) is 0 Å². The lowest BCUT2D eigenvalue weighted by Crippen LogP contribution is -2.19. The number of H-pyrrole nitrogens is 1. The van der Waals surface area contributed by atoms with Crippen LogP contribution >= 0.6 is 11.8 Å². The minimum atomic E-state index is -0.344. The van der Waals surface area contributed by atoms with Crippen molar-refractivity contribution in [3.05, 3.63) is 81.7 Å². The molecule has 2 aromatic carbocycles. The van der Waals surface area contributed by atoms with Gasteiger partial charge in [-0.15, -0.1) is 0 Å². The summed E-state index contributed by atoms with van der Waals surface area (Å²) < 4.78 is 14.6. The Morgan fingerprint density at radius 1 is 1.15 bits per heavy atom. The summed E-state index contributed by atoms with van der Waals surface area (Å²) in [5, 5.41) is 4.81. The van der Waals surface area contributed by atoms with Gasteiger partial charge in [0, 0.05) is 11.3 Å². The highest BCUT2D eigenvalue weighted by molar-refractivity contribution is 7.98. The molecule has 0 radical (unpaired) electrons. The van der Waals surface area contributed by atoms with Crippen molar-refractivity contribution in [2.75, 3.05) is 0 Å². The first-order chi connectivity index (χ1) is 13.0. The fraction of sp³-hybridized carbons (Fsp3) is 0.150. The molecule has 0 aliphatic rings. The molecule has 0 atom stereocenters. The first kappa shape index (κ1) is 17.5. The number of hydrogen-bond donors (Lipinski definition) is 1. The lowest BCUT2D eigenvalue weighted by molar-refractivity contribution is 0.626. The highest BCUT2D eigenvalue weighted by Gasteiger charge is 2.16. The van der Waals surface area contributed by atoms with Crippen molar-refractivity contribution in [1.29, 1.82) is 0 Å². The van der Waals surface area contributed by atoms with Gasteiger partial charge in [-0.25, -0.2) is 14.2 Å². The number of fused-ring (bicyclic) bond motifs is 1. The van der Waals surface area contributed by atoms with Gasteiger partial charge in [0.15, 0.2) is 10.8 Å². The second kappa shape index (κ2) is 7.00. The molecular weight excluding hydrogens is 363 g/mol. The number of hydrogen-bond acceptors (Lipinski definition) is 4. The summed E-state index contributed by atoms with van der Waals surface area (Å²) in [6.07, 6.45) is 0. The van der Waals surface area contributed by atoms with E-state index in [2.05, 4.69) is 15.1 Å². The molecule has 5 nitrogen and oxygen atoms in total. The Hall–Kier alpha value is -2.93. The van der Waals surface area contributed by atoms with Crippen molar-refractivity contribution in [1.82, 2.24) is 19.6 Å². The fourth-order valence-corrected chi connectivity index (χ4v) is 3.73. The molecule has 7 heteroatoms. The van der Waals surface area contributed by atoms with E-state index >= 15 is 0 Å². The predicted octanol–water partition coefficient (Wildman–Crippen LogP) is 4.13. The Labute approximate surface area is 159 Å². The molecule has 2 heterocycles. The summed E-state index contributed by atoms with van der Waals surface area (Å²) in [4.78, 5) is 19.8. The second-order valence-corrected chi connectivity index (χ2v) is 7.29. The Balaban J connectivity index is 1.74. The number of halogens is 1. The van der Waals surface area contributed by atoms with E-state index < -0.39 is 0 Å². The Kier molecular flexibility index (Phi) is 4.53. The third kappa shape index (κ3) is 3.50. The maximum absolute atomic E-state index is 13.3. The van der Waals surface area contributed by atoms with Gasteiger partial charge >= 0.3 is 5.69 Å². The number of nitrogens with one attached hydrogen (secondary N) is 1. The van der Waals surface area contributed by atoms with Crippen molar-refractivity contribution in [3.8, 4) is 11.1 Å². The van der Waals surface area contributed by atoms with E-state index in [0.29, 0.717) is 16.6 Å². The van der Waals surface area contributed by atoms with E-state index in [1.165, 1.54) is 28.4 Å². The number of aromatic nitrogens is 4. The summed E-state index contributed by atoms with van der Waals surface area (Å²) in [5.74, 6) is 0.224. The van der Waals surface area contributed by atoms with Crippen LogP contribution in [0.15, 0.2) is 58.5 Å². The maximum Gasteiger partial charge on any atom is 0.350 e. The van der Waals surface area contributed by atoms with Crippen LogP contribution in [0, 0.1) is 19.7 Å². The lowest BCUT2D eigenvalue weighted by atomic mass is 10.0. The monoisotopic (exact) mass is 380 g/mol. The van der Waals surface area contributed by atoms with Crippen LogP contribution in [-0.4, -0.2) is 19.6 Å². The molecule has 0 saturated heterocycles. The standard InChI is InChI=1S/C20H17FN4OS/c1-12-6-8-15(9-7-12)17-13(2)24-25-18(17)22-19(23-20(25)26)27-11-14-4-3-5-16(21)10-14/h3-10H,11H2,1-2H3,(H,22,23,26). The molecule has 1 N–H and O–H groups in total. The van der Waals surface area contributed by atoms with Gasteiger partial charge in [-0.05, 0) is 37.1 Å². The second-order valence-electron chi connectivity index (χ2n) is 6.33. The first-order valence-corrected chi connectivity index (χ1v) is 9.44. The van der Waals surface area contributed by atoms with Crippen LogP contribution in [0.1, 0.15) is 16.8 Å². The molecule has 136 valence electrons. The van der Waals surface area contributed by atoms with Crippen molar-refractivity contribution in [2.24, 2.45) is 0 Å². The minimum Gasteiger partial charge on any atom is -0.285 e. The molecule has 0 fully saturated rings. The fourth-order valence-electron chi connectivity index (χ4n) is 2.93. The van der Waals surface area contributed by atoms with Crippen LogP contribution in [-0.2, 0) is 5.75 Å². The molecule has 0 bridgehead atoms. The van der Waals surface area contributed by atoms with Gasteiger partial charge in [-0.3, -0.25) is 4.98 Å². The van der Waals surface area contributed by atoms with Gasteiger partial charge < -0.3 is 0 Å². The first-order valence-electron chi connectivity index (χ1n) is 8.45. The van der Waals surface area contributed by atoms with Gasteiger partial charge in [-0.1, -0.05) is 53.7 Å². The van der Waals surface area contributed by atoms with Crippen molar-refractivity contribution in [3.63, 3.8) is 0 Å². The zero-order chi connectivity index (χ0) is 19.0. The summed E-state index contributed by atoms with van der Waals surface area (Å²) in [6, 6.07) is 14.4. The zero-order valence-electron chi connectivity index (χ0n) is 14.9. The maximum atomic E-state index is 13.3. The largest absolute Gasteiger partial charge is 0.350 e. The molecule has 4 rings (SSSR count). The molecule has 4 aromatic rings. The van der Waals surface area contributed by atoms with E-state index in [9.17, 15) is 9.18 Å². The zero-order valence-corrected chi connectivity index (χ0v) is 15.7. The predicted molar refractivity (Wildman–Crippen MR) is 104 cm³/mol.